The lowest BCUT2D eigenvalue weighted by molar-refractivity contribution is 0.0922. The molecule has 1 saturated carbocycles. The van der Waals surface area contributed by atoms with Crippen molar-refractivity contribution in [3.63, 3.8) is 0 Å². The van der Waals surface area contributed by atoms with Gasteiger partial charge in [0.2, 0.25) is 0 Å². The molecule has 0 radical (unpaired) electrons. The fraction of sp³-hybridized carbons (Fsp3) is 0.533. The van der Waals surface area contributed by atoms with Crippen LogP contribution in [0.15, 0.2) is 22.7 Å². The van der Waals surface area contributed by atoms with Crippen molar-refractivity contribution in [1.29, 1.82) is 0 Å². The van der Waals surface area contributed by atoms with E-state index in [0.29, 0.717) is 10.6 Å². The average Bonchev–Trinajstić information content (AvgIpc) is 2.48. The highest BCUT2D eigenvalue weighted by molar-refractivity contribution is 9.10. The van der Waals surface area contributed by atoms with E-state index in [0.717, 1.165) is 16.3 Å². The monoisotopic (exact) mass is 421 g/mol. The van der Waals surface area contributed by atoms with Gasteiger partial charge in [0, 0.05) is 21.9 Å². The molecule has 0 spiro atoms. The summed E-state index contributed by atoms with van der Waals surface area (Å²) in [5.74, 6) is -0.0506. The van der Waals surface area contributed by atoms with Gasteiger partial charge in [-0.1, -0.05) is 46.8 Å². The first-order valence-electron chi connectivity index (χ1n) is 6.86. The maximum Gasteiger partial charge on any atom is 0.251 e. The zero-order valence-electron chi connectivity index (χ0n) is 11.2. The summed E-state index contributed by atoms with van der Waals surface area (Å²) in [4.78, 5) is 12.2. The zero-order chi connectivity index (χ0) is 14.6. The second-order valence-electron chi connectivity index (χ2n) is 5.51. The summed E-state index contributed by atoms with van der Waals surface area (Å²) in [6.07, 6.45) is 6.18. The Morgan fingerprint density at radius 1 is 1.30 bits per heavy atom. The SMILES string of the molecule is O=C(NCC1(CBr)CCCCC1)c1ccc(Br)c(Cl)c1. The van der Waals surface area contributed by atoms with Crippen LogP contribution in [0.5, 0.6) is 0 Å². The molecule has 110 valence electrons. The van der Waals surface area contributed by atoms with Crippen LogP contribution in [-0.2, 0) is 0 Å². The molecule has 1 aliphatic rings. The van der Waals surface area contributed by atoms with Gasteiger partial charge in [-0.25, -0.2) is 0 Å². The molecule has 0 unspecified atom stereocenters. The van der Waals surface area contributed by atoms with Gasteiger partial charge in [0.05, 0.1) is 5.02 Å². The third-order valence-corrected chi connectivity index (χ3v) is 6.43. The van der Waals surface area contributed by atoms with E-state index in [-0.39, 0.29) is 11.3 Å². The van der Waals surface area contributed by atoms with Crippen molar-refractivity contribution in [2.24, 2.45) is 5.41 Å². The highest BCUT2D eigenvalue weighted by atomic mass is 79.9. The lowest BCUT2D eigenvalue weighted by Gasteiger charge is -2.35. The number of nitrogens with one attached hydrogen (secondary N) is 1. The highest BCUT2D eigenvalue weighted by Gasteiger charge is 2.31. The second-order valence-corrected chi connectivity index (χ2v) is 7.33. The number of alkyl halides is 1. The van der Waals surface area contributed by atoms with Gasteiger partial charge in [-0.2, -0.15) is 0 Å². The van der Waals surface area contributed by atoms with Crippen LogP contribution in [0.1, 0.15) is 42.5 Å². The standard InChI is InChI=1S/C15H18Br2ClNO/c16-9-15(6-2-1-3-7-15)10-19-14(20)11-4-5-12(17)13(18)8-11/h4-5,8H,1-3,6-7,9-10H2,(H,19,20). The molecular weight excluding hydrogens is 405 g/mol. The van der Waals surface area contributed by atoms with E-state index in [4.69, 9.17) is 11.6 Å². The van der Waals surface area contributed by atoms with E-state index in [2.05, 4.69) is 37.2 Å². The molecule has 0 atom stereocenters. The van der Waals surface area contributed by atoms with Gasteiger partial charge < -0.3 is 5.32 Å². The third kappa shape index (κ3) is 3.99. The predicted octanol–water partition coefficient (Wildman–Crippen LogP) is 5.18. The number of carbonyl (C=O) groups is 1. The summed E-state index contributed by atoms with van der Waals surface area (Å²) in [5, 5.41) is 4.57. The Hall–Kier alpha value is -0.0600. The van der Waals surface area contributed by atoms with Gasteiger partial charge in [-0.3, -0.25) is 4.79 Å². The minimum Gasteiger partial charge on any atom is -0.351 e. The molecule has 2 rings (SSSR count). The van der Waals surface area contributed by atoms with Gasteiger partial charge in [0.15, 0.2) is 0 Å². The molecule has 1 aromatic carbocycles. The molecular formula is C15H18Br2ClNO. The number of benzene rings is 1. The molecule has 1 aliphatic carbocycles. The highest BCUT2D eigenvalue weighted by Crippen LogP contribution is 2.37. The summed E-state index contributed by atoms with van der Waals surface area (Å²) in [6.45, 7) is 0.727. The molecule has 0 heterocycles. The van der Waals surface area contributed by atoms with Gasteiger partial charge in [0.25, 0.3) is 5.91 Å². The van der Waals surface area contributed by atoms with Gasteiger partial charge in [0.1, 0.15) is 0 Å². The van der Waals surface area contributed by atoms with Crippen molar-refractivity contribution in [2.75, 3.05) is 11.9 Å². The average molecular weight is 424 g/mol. The largest absolute Gasteiger partial charge is 0.351 e. The van der Waals surface area contributed by atoms with Gasteiger partial charge in [-0.05, 0) is 52.4 Å². The number of halogens is 3. The Morgan fingerprint density at radius 3 is 2.60 bits per heavy atom. The maximum absolute atomic E-state index is 12.2. The van der Waals surface area contributed by atoms with Crippen molar-refractivity contribution in [3.8, 4) is 0 Å². The number of amides is 1. The van der Waals surface area contributed by atoms with Crippen molar-refractivity contribution >= 4 is 49.4 Å². The van der Waals surface area contributed by atoms with E-state index in [1.54, 1.807) is 18.2 Å². The molecule has 0 aromatic heterocycles. The molecule has 2 nitrogen and oxygen atoms in total. The van der Waals surface area contributed by atoms with E-state index < -0.39 is 0 Å². The Kier molecular flexibility index (Phi) is 5.94. The van der Waals surface area contributed by atoms with Crippen LogP contribution < -0.4 is 5.32 Å². The summed E-state index contributed by atoms with van der Waals surface area (Å²) in [7, 11) is 0. The molecule has 20 heavy (non-hydrogen) atoms. The van der Waals surface area contributed by atoms with Crippen LogP contribution in [0.3, 0.4) is 0 Å². The molecule has 1 amide bonds. The van der Waals surface area contributed by atoms with Gasteiger partial charge in [-0.15, -0.1) is 0 Å². The molecule has 1 N–H and O–H groups in total. The predicted molar refractivity (Wildman–Crippen MR) is 90.8 cm³/mol. The van der Waals surface area contributed by atoms with Crippen LogP contribution in [0.2, 0.25) is 5.02 Å². The minimum atomic E-state index is -0.0506. The fourth-order valence-electron chi connectivity index (χ4n) is 2.67. The summed E-state index contributed by atoms with van der Waals surface area (Å²) in [6, 6.07) is 5.29. The van der Waals surface area contributed by atoms with Crippen LogP contribution in [0.25, 0.3) is 0 Å². The van der Waals surface area contributed by atoms with E-state index in [1.165, 1.54) is 32.1 Å². The Morgan fingerprint density at radius 2 is 2.00 bits per heavy atom. The second kappa shape index (κ2) is 7.28. The summed E-state index contributed by atoms with van der Waals surface area (Å²) >= 11 is 13.0. The first kappa shape index (κ1) is 16.3. The van der Waals surface area contributed by atoms with Crippen molar-refractivity contribution in [3.05, 3.63) is 33.3 Å². The Bertz CT molecular complexity index is 487. The first-order chi connectivity index (χ1) is 9.56. The van der Waals surface area contributed by atoms with E-state index >= 15 is 0 Å². The quantitative estimate of drug-likeness (QED) is 0.665. The molecule has 1 fully saturated rings. The van der Waals surface area contributed by atoms with Crippen LogP contribution in [0, 0.1) is 5.41 Å². The maximum atomic E-state index is 12.2. The molecule has 0 saturated heterocycles. The van der Waals surface area contributed by atoms with Gasteiger partial charge >= 0.3 is 0 Å². The fourth-order valence-corrected chi connectivity index (χ4v) is 3.85. The third-order valence-electron chi connectivity index (χ3n) is 4.00. The van der Waals surface area contributed by atoms with E-state index in [9.17, 15) is 4.79 Å². The number of hydrogen-bond acceptors (Lipinski definition) is 1. The van der Waals surface area contributed by atoms with Crippen molar-refractivity contribution in [1.82, 2.24) is 5.32 Å². The van der Waals surface area contributed by atoms with E-state index in [1.807, 2.05) is 0 Å². The lowest BCUT2D eigenvalue weighted by Crippen LogP contribution is -2.40. The number of hydrogen-bond donors (Lipinski definition) is 1. The minimum absolute atomic E-state index is 0.0506. The molecule has 1 aromatic rings. The zero-order valence-corrected chi connectivity index (χ0v) is 15.2. The normalized spacial score (nSPS) is 17.8. The molecule has 5 heteroatoms. The smallest absolute Gasteiger partial charge is 0.251 e. The Labute approximate surface area is 141 Å². The lowest BCUT2D eigenvalue weighted by atomic mass is 9.75. The summed E-state index contributed by atoms with van der Waals surface area (Å²) in [5.41, 5.74) is 0.825. The first-order valence-corrected chi connectivity index (χ1v) is 9.15. The Balaban J connectivity index is 1.98. The van der Waals surface area contributed by atoms with Crippen LogP contribution in [0.4, 0.5) is 0 Å². The van der Waals surface area contributed by atoms with Crippen molar-refractivity contribution < 1.29 is 4.79 Å². The topological polar surface area (TPSA) is 29.1 Å². The van der Waals surface area contributed by atoms with Crippen molar-refractivity contribution in [2.45, 2.75) is 32.1 Å². The molecule has 0 bridgehead atoms. The van der Waals surface area contributed by atoms with Crippen LogP contribution in [-0.4, -0.2) is 17.8 Å². The summed E-state index contributed by atoms with van der Waals surface area (Å²) < 4.78 is 0.805. The number of rotatable bonds is 4. The molecule has 0 aliphatic heterocycles. The van der Waals surface area contributed by atoms with Crippen LogP contribution >= 0.6 is 43.5 Å². The number of carbonyl (C=O) groups excluding carboxylic acids is 1.